The number of hydrogen-bond acceptors (Lipinski definition) is 11. The molecule has 5 rings (SSSR count). The highest BCUT2D eigenvalue weighted by atomic mass is 35.5. The molecule has 2 saturated carbocycles. The Kier molecular flexibility index (Phi) is 13.5. The van der Waals surface area contributed by atoms with E-state index < -0.39 is 59.2 Å². The third-order valence-electron chi connectivity index (χ3n) is 9.28. The van der Waals surface area contributed by atoms with Crippen LogP contribution in [0.25, 0.3) is 11.1 Å². The van der Waals surface area contributed by atoms with E-state index in [9.17, 15) is 33.6 Å². The second-order valence-electron chi connectivity index (χ2n) is 13.2. The van der Waals surface area contributed by atoms with Crippen molar-refractivity contribution in [3.8, 4) is 16.9 Å². The van der Waals surface area contributed by atoms with Crippen LogP contribution in [0.15, 0.2) is 65.8 Å². The van der Waals surface area contributed by atoms with Crippen LogP contribution >= 0.6 is 11.6 Å². The number of pyridine rings is 1. The number of unbranched alkanes of at least 4 members (excludes halogenated alkanes) is 1. The topological polar surface area (TPSA) is 211 Å². The Morgan fingerprint density at radius 1 is 1.04 bits per heavy atom. The molecule has 52 heavy (non-hydrogen) atoms. The zero-order valence-corrected chi connectivity index (χ0v) is 30.5. The van der Waals surface area contributed by atoms with Gasteiger partial charge in [-0.25, -0.2) is 17.5 Å². The van der Waals surface area contributed by atoms with Gasteiger partial charge in [-0.05, 0) is 80.0 Å². The number of benzene rings is 2. The molecule has 0 radical (unpaired) electrons. The fourth-order valence-electron chi connectivity index (χ4n) is 5.79. The predicted molar refractivity (Wildman–Crippen MR) is 192 cm³/mol. The summed E-state index contributed by atoms with van der Waals surface area (Å²) in [6.45, 7) is -1.16. The zero-order chi connectivity index (χ0) is 37.5. The van der Waals surface area contributed by atoms with Gasteiger partial charge in [0.2, 0.25) is 10.0 Å². The third-order valence-corrected chi connectivity index (χ3v) is 11.5. The van der Waals surface area contributed by atoms with E-state index in [0.29, 0.717) is 23.4 Å². The summed E-state index contributed by atoms with van der Waals surface area (Å²) in [6, 6.07) is 12.4. The van der Waals surface area contributed by atoms with Gasteiger partial charge in [0.15, 0.2) is 0 Å². The van der Waals surface area contributed by atoms with E-state index in [4.69, 9.17) is 26.2 Å². The molecule has 7 N–H and O–H groups in total. The lowest BCUT2D eigenvalue weighted by molar-refractivity contribution is -0.0902. The number of carbonyl (C=O) groups is 1. The molecule has 0 bridgehead atoms. The van der Waals surface area contributed by atoms with Gasteiger partial charge < -0.3 is 45.6 Å². The Morgan fingerprint density at radius 3 is 2.48 bits per heavy atom. The Labute approximate surface area is 308 Å². The van der Waals surface area contributed by atoms with Crippen molar-refractivity contribution in [2.75, 3.05) is 33.4 Å². The number of sulfonamides is 1. The van der Waals surface area contributed by atoms with Crippen LogP contribution in [0.4, 0.5) is 4.79 Å². The summed E-state index contributed by atoms with van der Waals surface area (Å²) in [7, 11) is -2.43. The van der Waals surface area contributed by atoms with Crippen molar-refractivity contribution in [3.05, 3.63) is 77.1 Å². The molecule has 3 aromatic rings. The summed E-state index contributed by atoms with van der Waals surface area (Å²) in [4.78, 5) is 16.7. The summed E-state index contributed by atoms with van der Waals surface area (Å²) >= 11 is 6.54. The molecule has 4 atom stereocenters. The first-order valence-electron chi connectivity index (χ1n) is 17.3. The molecule has 2 amide bonds. The number of nitrogens with zero attached hydrogens (tertiary/aromatic N) is 2. The van der Waals surface area contributed by atoms with E-state index in [1.54, 1.807) is 12.3 Å². The fraction of sp³-hybridized carbons (Fsp3) is 0.500. The number of ether oxygens (including phenoxy) is 2. The van der Waals surface area contributed by atoms with E-state index in [1.807, 2.05) is 36.5 Å². The summed E-state index contributed by atoms with van der Waals surface area (Å²) < 4.78 is 40.9. The maximum absolute atomic E-state index is 13.5. The third kappa shape index (κ3) is 9.78. The molecule has 0 unspecified atom stereocenters. The monoisotopic (exact) mass is 762 g/mol. The average molecular weight is 763 g/mol. The second kappa shape index (κ2) is 17.6. The highest BCUT2D eigenvalue weighted by molar-refractivity contribution is 7.89. The zero-order valence-electron chi connectivity index (χ0n) is 28.9. The van der Waals surface area contributed by atoms with Crippen molar-refractivity contribution < 1.29 is 48.2 Å². The number of aliphatic hydroxyl groups excluding tert-OH is 5. The van der Waals surface area contributed by atoms with Crippen LogP contribution in [0, 0.1) is 0 Å². The first-order chi connectivity index (χ1) is 24.9. The lowest BCUT2D eigenvalue weighted by Crippen LogP contribution is -2.56. The molecule has 2 aromatic carbocycles. The van der Waals surface area contributed by atoms with Gasteiger partial charge in [0.25, 0.3) is 0 Å². The minimum Gasteiger partial charge on any atom is -0.490 e. The molecule has 1 heterocycles. The van der Waals surface area contributed by atoms with Crippen molar-refractivity contribution in [1.82, 2.24) is 19.9 Å². The summed E-state index contributed by atoms with van der Waals surface area (Å²) in [5, 5.41) is 53.1. The molecule has 0 saturated heterocycles. The van der Waals surface area contributed by atoms with Crippen LogP contribution in [-0.4, -0.2) is 113 Å². The van der Waals surface area contributed by atoms with Gasteiger partial charge in [-0.15, -0.1) is 0 Å². The number of carbonyl (C=O) groups excluding carboxylic acids is 1. The van der Waals surface area contributed by atoms with Crippen LogP contribution in [0.5, 0.6) is 5.75 Å². The maximum atomic E-state index is 13.5. The number of para-hydroxylation sites is 1. The number of nitrogens with one attached hydrogen (secondary N) is 2. The molecular weight excluding hydrogens is 716 g/mol. The minimum atomic E-state index is -3.89. The minimum absolute atomic E-state index is 0.0654. The number of amides is 2. The number of aliphatic hydroxyl groups is 5. The van der Waals surface area contributed by atoms with Crippen LogP contribution in [0.3, 0.4) is 0 Å². The molecular formula is C36H47ClN4O10S. The molecule has 2 aliphatic rings. The normalized spacial score (nSPS) is 17.6. The van der Waals surface area contributed by atoms with Gasteiger partial charge >= 0.3 is 6.03 Å². The van der Waals surface area contributed by atoms with Crippen molar-refractivity contribution in [3.63, 3.8) is 0 Å². The predicted octanol–water partition coefficient (Wildman–Crippen LogP) is 2.28. The van der Waals surface area contributed by atoms with E-state index in [-0.39, 0.29) is 30.7 Å². The Bertz CT molecular complexity index is 1780. The number of aromatic nitrogens is 1. The average Bonchev–Trinajstić information content (AvgIpc) is 4.10. The van der Waals surface area contributed by atoms with Crippen LogP contribution < -0.4 is 15.4 Å². The van der Waals surface area contributed by atoms with Gasteiger partial charge in [-0.2, -0.15) is 0 Å². The van der Waals surface area contributed by atoms with Crippen molar-refractivity contribution in [1.29, 1.82) is 0 Å². The Morgan fingerprint density at radius 2 is 1.79 bits per heavy atom. The molecule has 14 nitrogen and oxygen atoms in total. The highest BCUT2D eigenvalue weighted by Gasteiger charge is 2.48. The second-order valence-corrected chi connectivity index (χ2v) is 15.7. The smallest absolute Gasteiger partial charge is 0.315 e. The fourth-order valence-corrected chi connectivity index (χ4v) is 7.22. The van der Waals surface area contributed by atoms with Crippen LogP contribution in [0.2, 0.25) is 5.02 Å². The van der Waals surface area contributed by atoms with E-state index in [1.165, 1.54) is 23.5 Å². The lowest BCUT2D eigenvalue weighted by Gasteiger charge is -2.28. The largest absolute Gasteiger partial charge is 0.490 e. The van der Waals surface area contributed by atoms with Gasteiger partial charge in [0.05, 0.1) is 42.5 Å². The van der Waals surface area contributed by atoms with Crippen molar-refractivity contribution in [2.24, 2.45) is 0 Å². The van der Waals surface area contributed by atoms with Crippen LogP contribution in [0.1, 0.15) is 49.7 Å². The quantitative estimate of drug-likeness (QED) is 0.0831. The Balaban J connectivity index is 1.15. The first kappa shape index (κ1) is 39.8. The summed E-state index contributed by atoms with van der Waals surface area (Å²) in [5.41, 5.74) is 2.82. The van der Waals surface area contributed by atoms with Crippen molar-refractivity contribution >= 4 is 27.7 Å². The van der Waals surface area contributed by atoms with E-state index in [0.717, 1.165) is 48.1 Å². The van der Waals surface area contributed by atoms with Gasteiger partial charge in [0.1, 0.15) is 24.1 Å². The van der Waals surface area contributed by atoms with Gasteiger partial charge in [0, 0.05) is 48.7 Å². The molecule has 2 fully saturated rings. The SMILES string of the molecule is CN(CCCCNC(=O)N[C@@H](CO)[C@@H](O)[C@H](O)[C@H](O)CO)S(=O)(=O)c1ccc(Cl)c(COC2(c3cnccc3-c3ccccc3OC3CC3)CC2)c1. The molecule has 2 aliphatic carbocycles. The molecule has 1 aromatic heterocycles. The van der Waals surface area contributed by atoms with Crippen molar-refractivity contribution in [2.45, 2.75) is 86.1 Å². The number of urea groups is 1. The summed E-state index contributed by atoms with van der Waals surface area (Å²) in [5.74, 6) is 0.821. The lowest BCUT2D eigenvalue weighted by atomic mass is 9.96. The molecule has 0 spiro atoms. The molecule has 0 aliphatic heterocycles. The van der Waals surface area contributed by atoms with E-state index >= 15 is 0 Å². The molecule has 284 valence electrons. The summed E-state index contributed by atoms with van der Waals surface area (Å²) in [6.07, 6.45) is 3.07. The molecule has 16 heteroatoms. The van der Waals surface area contributed by atoms with E-state index in [2.05, 4.69) is 15.6 Å². The van der Waals surface area contributed by atoms with Gasteiger partial charge in [-0.1, -0.05) is 29.8 Å². The number of hydrogen-bond donors (Lipinski definition) is 7. The van der Waals surface area contributed by atoms with Gasteiger partial charge in [-0.3, -0.25) is 4.98 Å². The standard InChI is InChI=1S/C36H47ClN4O10S/c1-41(17-5-4-15-39-35(47)40-30(20-42)33(45)34(46)31(44)21-43)52(48,49)25-10-11-29(37)23(18-25)22-50-36(13-14-36)28-19-38-16-12-26(28)27-6-2-3-7-32(27)51-24-8-9-24/h2-3,6-7,10-12,16,18-19,24,30-31,33-34,42-46H,4-5,8-9,13-15,17,20-22H2,1H3,(H2,39,40,47)/t30-,31+,33+,34+/m0/s1. The number of rotatable bonds is 20. The number of halogens is 1. The Hall–Kier alpha value is -3.38. The first-order valence-corrected chi connectivity index (χ1v) is 19.1. The highest BCUT2D eigenvalue weighted by Crippen LogP contribution is 2.53. The maximum Gasteiger partial charge on any atom is 0.315 e. The van der Waals surface area contributed by atoms with Crippen LogP contribution in [-0.2, 0) is 27.0 Å².